The van der Waals surface area contributed by atoms with E-state index in [1.54, 1.807) is 0 Å². The molecule has 4 aliphatic rings. The molecule has 6 aromatic rings. The highest BCUT2D eigenvalue weighted by atomic mass is 15.0. The van der Waals surface area contributed by atoms with Gasteiger partial charge in [-0.05, 0) is 78.9 Å². The molecule has 0 aromatic heterocycles. The Hall–Kier alpha value is -6.06. The molecule has 10 rings (SSSR count). The first-order chi connectivity index (χ1) is 24.0. The van der Waals surface area contributed by atoms with Gasteiger partial charge in [0.15, 0.2) is 0 Å². The zero-order chi connectivity index (χ0) is 32.9. The lowest BCUT2D eigenvalue weighted by atomic mass is 9.70. The van der Waals surface area contributed by atoms with Crippen LogP contribution in [0.4, 0.5) is 0 Å². The summed E-state index contributed by atoms with van der Waals surface area (Å²) < 4.78 is 0. The highest BCUT2D eigenvalue weighted by molar-refractivity contribution is 5.96. The van der Waals surface area contributed by atoms with Crippen molar-refractivity contribution in [1.82, 2.24) is 5.32 Å². The normalized spacial score (nSPS) is 17.4. The van der Waals surface area contributed by atoms with Crippen molar-refractivity contribution in [2.24, 2.45) is 5.11 Å². The van der Waals surface area contributed by atoms with Gasteiger partial charge in [0.1, 0.15) is 5.70 Å². The summed E-state index contributed by atoms with van der Waals surface area (Å²) in [6, 6.07) is 50.9. The molecule has 2 N–H and O–H groups in total. The number of hydrogen-bond acceptors (Lipinski definition) is 3. The Morgan fingerprint density at radius 3 is 1.65 bits per heavy atom. The number of nitrogens with one attached hydrogen (secondary N) is 2. The van der Waals surface area contributed by atoms with Gasteiger partial charge in [-0.1, -0.05) is 153 Å². The topological polar surface area (TPSA) is 48.2 Å². The molecule has 0 bridgehead atoms. The fourth-order valence-corrected chi connectivity index (χ4v) is 9.13. The molecule has 0 amide bonds. The average molecular weight is 628 g/mol. The SMILES string of the molecule is CC1(C)C2=C(C=C/C(=C(/N=N)c3ccc(-c4ccc5c(c4)-c4ccccc4C54c5ccccc5-c5ccccc54)cc3)N2)c2ccccc21. The molecule has 0 fully saturated rings. The molecule has 1 aliphatic heterocycles. The van der Waals surface area contributed by atoms with Crippen LogP contribution in [0.5, 0.6) is 0 Å². The van der Waals surface area contributed by atoms with Crippen LogP contribution in [0.2, 0.25) is 0 Å². The monoisotopic (exact) mass is 627 g/mol. The van der Waals surface area contributed by atoms with Crippen molar-refractivity contribution in [3.63, 3.8) is 0 Å². The van der Waals surface area contributed by atoms with Crippen LogP contribution in [-0.2, 0) is 10.8 Å². The van der Waals surface area contributed by atoms with Gasteiger partial charge in [0.25, 0.3) is 0 Å². The molecule has 0 saturated carbocycles. The van der Waals surface area contributed by atoms with Crippen LogP contribution < -0.4 is 5.32 Å². The summed E-state index contributed by atoms with van der Waals surface area (Å²) in [6.07, 6.45) is 4.23. The van der Waals surface area contributed by atoms with Gasteiger partial charge in [0, 0.05) is 22.2 Å². The van der Waals surface area contributed by atoms with Crippen LogP contribution >= 0.6 is 0 Å². The lowest BCUT2D eigenvalue weighted by Crippen LogP contribution is -2.29. The van der Waals surface area contributed by atoms with Gasteiger partial charge in [-0.15, -0.1) is 0 Å². The molecule has 3 nitrogen and oxygen atoms in total. The Kier molecular flexibility index (Phi) is 5.70. The highest BCUT2D eigenvalue weighted by Crippen LogP contribution is 2.63. The average Bonchev–Trinajstić information content (AvgIpc) is 3.71. The van der Waals surface area contributed by atoms with Gasteiger partial charge in [-0.2, -0.15) is 5.11 Å². The van der Waals surface area contributed by atoms with E-state index in [1.165, 1.54) is 66.8 Å². The lowest BCUT2D eigenvalue weighted by molar-refractivity contribution is 0.599. The smallest absolute Gasteiger partial charge is 0.116 e. The van der Waals surface area contributed by atoms with Crippen molar-refractivity contribution in [3.05, 3.63) is 202 Å². The molecule has 3 aliphatic carbocycles. The Bertz CT molecular complexity index is 2460. The van der Waals surface area contributed by atoms with Crippen molar-refractivity contribution in [1.29, 1.82) is 5.53 Å². The number of dihydropyridines is 1. The van der Waals surface area contributed by atoms with Gasteiger partial charge in [0.2, 0.25) is 0 Å². The fourth-order valence-electron chi connectivity index (χ4n) is 9.13. The predicted octanol–water partition coefficient (Wildman–Crippen LogP) is 11.3. The molecule has 0 unspecified atom stereocenters. The summed E-state index contributed by atoms with van der Waals surface area (Å²) in [5.74, 6) is 0. The Morgan fingerprint density at radius 2 is 1.04 bits per heavy atom. The molecule has 6 aromatic carbocycles. The zero-order valence-electron chi connectivity index (χ0n) is 27.4. The van der Waals surface area contributed by atoms with E-state index < -0.39 is 0 Å². The number of nitrogens with zero attached hydrogens (tertiary/aromatic N) is 1. The quantitative estimate of drug-likeness (QED) is 0.188. The number of allylic oxidation sites excluding steroid dienone is 4. The number of benzene rings is 6. The van der Waals surface area contributed by atoms with Gasteiger partial charge >= 0.3 is 0 Å². The van der Waals surface area contributed by atoms with Gasteiger partial charge < -0.3 is 5.32 Å². The third kappa shape index (κ3) is 3.62. The van der Waals surface area contributed by atoms with Crippen molar-refractivity contribution in [3.8, 4) is 33.4 Å². The van der Waals surface area contributed by atoms with Crippen LogP contribution in [0, 0.1) is 5.53 Å². The van der Waals surface area contributed by atoms with E-state index in [-0.39, 0.29) is 10.8 Å². The minimum absolute atomic E-state index is 0.160. The maximum Gasteiger partial charge on any atom is 0.116 e. The van der Waals surface area contributed by atoms with Crippen molar-refractivity contribution >= 4 is 11.3 Å². The lowest BCUT2D eigenvalue weighted by Gasteiger charge is -2.30. The van der Waals surface area contributed by atoms with Crippen molar-refractivity contribution in [2.45, 2.75) is 24.7 Å². The fraction of sp³-hybridized carbons (Fsp3) is 0.0870. The maximum atomic E-state index is 8.18. The molecule has 0 atom stereocenters. The maximum absolute atomic E-state index is 8.18. The third-order valence-corrected chi connectivity index (χ3v) is 11.3. The van der Waals surface area contributed by atoms with Crippen molar-refractivity contribution in [2.75, 3.05) is 0 Å². The molecule has 1 heterocycles. The number of hydrogen-bond donors (Lipinski definition) is 2. The summed E-state index contributed by atoms with van der Waals surface area (Å²) in [4.78, 5) is 0. The minimum Gasteiger partial charge on any atom is -0.356 e. The van der Waals surface area contributed by atoms with E-state index in [2.05, 4.69) is 176 Å². The largest absolute Gasteiger partial charge is 0.356 e. The van der Waals surface area contributed by atoms with E-state index >= 15 is 0 Å². The first-order valence-corrected chi connectivity index (χ1v) is 17.0. The number of rotatable bonds is 3. The molecule has 0 radical (unpaired) electrons. The standard InChI is InChI=1S/C46H33N3/c1-45(2)37-15-7-3-13-33(37)35-24-26-42(48-44(35)45)43(49-47)29-21-19-28(20-22-29)30-23-25-41-36(27-30)34-14-6-10-18-40(34)46(41)38-16-8-4-11-31(38)32-12-5-9-17-39(32)46/h3-27,47-48H,1-2H3/b43-42-,49-47?. The van der Waals surface area contributed by atoms with E-state index in [1.807, 2.05) is 0 Å². The molecule has 49 heavy (non-hydrogen) atoms. The second kappa shape index (κ2) is 9.98. The number of fused-ring (bicyclic) bond motifs is 12. The van der Waals surface area contributed by atoms with Gasteiger partial charge in [0.05, 0.1) is 11.1 Å². The summed E-state index contributed by atoms with van der Waals surface area (Å²) in [5, 5.41) is 7.72. The van der Waals surface area contributed by atoms with E-state index in [0.29, 0.717) is 5.70 Å². The van der Waals surface area contributed by atoms with Crippen LogP contribution in [0.3, 0.4) is 0 Å². The second-order valence-electron chi connectivity index (χ2n) is 14.0. The second-order valence-corrected chi connectivity index (χ2v) is 14.0. The molecular formula is C46H33N3. The first kappa shape index (κ1) is 28.0. The summed E-state index contributed by atoms with van der Waals surface area (Å²) in [5.41, 5.74) is 28.0. The Balaban J connectivity index is 1.04. The molecule has 1 spiro atoms. The van der Waals surface area contributed by atoms with Crippen LogP contribution in [0.25, 0.3) is 44.7 Å². The third-order valence-electron chi connectivity index (χ3n) is 11.3. The van der Waals surface area contributed by atoms with Crippen molar-refractivity contribution < 1.29 is 0 Å². The van der Waals surface area contributed by atoms with Crippen LogP contribution in [0.15, 0.2) is 168 Å². The summed E-state index contributed by atoms with van der Waals surface area (Å²) >= 11 is 0. The van der Waals surface area contributed by atoms with Crippen LogP contribution in [-0.4, -0.2) is 0 Å². The molecule has 232 valence electrons. The molecule has 0 saturated heterocycles. The van der Waals surface area contributed by atoms with Crippen LogP contribution in [0.1, 0.15) is 52.8 Å². The first-order valence-electron chi connectivity index (χ1n) is 17.0. The minimum atomic E-state index is -0.330. The summed E-state index contributed by atoms with van der Waals surface area (Å²) in [7, 11) is 0. The zero-order valence-corrected chi connectivity index (χ0v) is 27.4. The Labute approximate surface area is 286 Å². The highest BCUT2D eigenvalue weighted by Gasteiger charge is 2.51. The molecular weight excluding hydrogens is 595 g/mol. The molecule has 3 heteroatoms. The summed E-state index contributed by atoms with van der Waals surface area (Å²) in [6.45, 7) is 4.51. The predicted molar refractivity (Wildman–Crippen MR) is 199 cm³/mol. The van der Waals surface area contributed by atoms with Gasteiger partial charge in [-0.25, -0.2) is 5.53 Å². The van der Waals surface area contributed by atoms with E-state index in [4.69, 9.17) is 5.53 Å². The van der Waals surface area contributed by atoms with E-state index in [9.17, 15) is 0 Å². The van der Waals surface area contributed by atoms with Gasteiger partial charge in [-0.3, -0.25) is 0 Å². The Morgan fingerprint density at radius 1 is 0.531 bits per heavy atom. The van der Waals surface area contributed by atoms with E-state index in [0.717, 1.165) is 22.5 Å².